The van der Waals surface area contributed by atoms with Gasteiger partial charge in [-0.2, -0.15) is 0 Å². The lowest BCUT2D eigenvalue weighted by Crippen LogP contribution is -2.31. The summed E-state index contributed by atoms with van der Waals surface area (Å²) in [5.41, 5.74) is 1.57. The van der Waals surface area contributed by atoms with Crippen molar-refractivity contribution in [2.45, 2.75) is 19.9 Å². The van der Waals surface area contributed by atoms with Gasteiger partial charge in [0.1, 0.15) is 10.8 Å². The van der Waals surface area contributed by atoms with Crippen LogP contribution in [-0.4, -0.2) is 28.4 Å². The molecule has 1 unspecified atom stereocenters. The van der Waals surface area contributed by atoms with Gasteiger partial charge in [0.15, 0.2) is 17.4 Å². The number of nitrogens with zero attached hydrogens (tertiary/aromatic N) is 2. The number of amides is 1. The highest BCUT2D eigenvalue weighted by Crippen LogP contribution is 2.43. The fourth-order valence-corrected chi connectivity index (χ4v) is 5.43. The number of hydrogen-bond acceptors (Lipinski definition) is 6. The quantitative estimate of drug-likeness (QED) is 0.272. The van der Waals surface area contributed by atoms with E-state index in [0.29, 0.717) is 28.6 Å². The number of carbonyl (C=O) groups is 2. The zero-order valence-electron chi connectivity index (χ0n) is 20.4. The summed E-state index contributed by atoms with van der Waals surface area (Å²) in [5.74, 6) is -3.90. The molecule has 6 nitrogen and oxygen atoms in total. The number of hydrogen-bond donors (Lipinski definition) is 1. The van der Waals surface area contributed by atoms with Crippen LogP contribution in [-0.2, 0) is 4.79 Å². The maximum absolute atomic E-state index is 14.2. The van der Waals surface area contributed by atoms with Crippen LogP contribution in [0.25, 0.3) is 10.6 Å². The molecule has 3 aromatic carbocycles. The summed E-state index contributed by atoms with van der Waals surface area (Å²) < 4.78 is 33.4. The zero-order chi connectivity index (χ0) is 27.0. The van der Waals surface area contributed by atoms with Crippen molar-refractivity contribution in [3.8, 4) is 16.3 Å². The first-order chi connectivity index (χ1) is 18.3. The Morgan fingerprint density at radius 2 is 1.76 bits per heavy atom. The van der Waals surface area contributed by atoms with E-state index in [4.69, 9.17) is 4.74 Å². The van der Waals surface area contributed by atoms with Gasteiger partial charge >= 0.3 is 0 Å². The maximum atomic E-state index is 14.2. The number of aliphatic hydroxyl groups excluding tert-OH is 1. The van der Waals surface area contributed by atoms with Crippen LogP contribution >= 0.6 is 11.3 Å². The Labute approximate surface area is 221 Å². The lowest BCUT2D eigenvalue weighted by Gasteiger charge is -2.27. The number of carbonyl (C=O) groups excluding carboxylic acids is 2. The Hall–Kier alpha value is -4.37. The normalized spacial score (nSPS) is 15.3. The smallest absolute Gasteiger partial charge is 0.294 e. The third kappa shape index (κ3) is 4.45. The number of Topliss-reactive ketones (excluding diaryl/α,β-unsaturated/α-hetero) is 1. The standard InChI is InChI=1S/C29H22F2N2O4S/c1-3-37-20-12-9-17(10-13-20)24-23(26(35)29(36)33(24)19-11-14-21(30)22(31)15-19)25(34)27-16(2)32-28(38-27)18-7-5-4-6-8-18/h4-15,24,35H,3H2,1-2H3. The summed E-state index contributed by atoms with van der Waals surface area (Å²) in [4.78, 5) is 33.2. The van der Waals surface area contributed by atoms with Gasteiger partial charge in [-0.05, 0) is 43.7 Å². The number of benzene rings is 3. The van der Waals surface area contributed by atoms with E-state index in [-0.39, 0.29) is 16.1 Å². The Balaban J connectivity index is 1.62. The van der Waals surface area contributed by atoms with Crippen molar-refractivity contribution in [2.24, 2.45) is 0 Å². The first kappa shape index (κ1) is 25.3. The van der Waals surface area contributed by atoms with Gasteiger partial charge in [0, 0.05) is 17.3 Å². The monoisotopic (exact) mass is 532 g/mol. The molecule has 0 saturated carbocycles. The molecular formula is C29H22F2N2O4S. The highest BCUT2D eigenvalue weighted by Gasteiger charge is 2.45. The average molecular weight is 533 g/mol. The van der Waals surface area contributed by atoms with E-state index < -0.39 is 35.1 Å². The molecule has 1 atom stereocenters. The topological polar surface area (TPSA) is 79.7 Å². The van der Waals surface area contributed by atoms with Crippen LogP contribution in [0.2, 0.25) is 0 Å². The molecule has 1 aliphatic heterocycles. The highest BCUT2D eigenvalue weighted by molar-refractivity contribution is 7.17. The van der Waals surface area contributed by atoms with Crippen molar-refractivity contribution in [1.29, 1.82) is 0 Å². The lowest BCUT2D eigenvalue weighted by atomic mass is 9.94. The summed E-state index contributed by atoms with van der Waals surface area (Å²) in [6, 6.07) is 17.9. The van der Waals surface area contributed by atoms with Crippen LogP contribution in [0.1, 0.15) is 33.9 Å². The fourth-order valence-electron chi connectivity index (χ4n) is 4.40. The minimum atomic E-state index is -1.16. The van der Waals surface area contributed by atoms with E-state index in [1.54, 1.807) is 31.2 Å². The summed E-state index contributed by atoms with van der Waals surface area (Å²) >= 11 is 1.15. The Bertz CT molecular complexity index is 1570. The van der Waals surface area contributed by atoms with Crippen molar-refractivity contribution < 1.29 is 28.2 Å². The number of aromatic nitrogens is 1. The zero-order valence-corrected chi connectivity index (χ0v) is 21.3. The molecule has 38 heavy (non-hydrogen) atoms. The van der Waals surface area contributed by atoms with E-state index >= 15 is 0 Å². The molecule has 0 aliphatic carbocycles. The van der Waals surface area contributed by atoms with Gasteiger partial charge in [0.25, 0.3) is 5.91 Å². The Kier molecular flexibility index (Phi) is 6.77. The van der Waals surface area contributed by atoms with Gasteiger partial charge in [0.05, 0.1) is 28.8 Å². The van der Waals surface area contributed by atoms with Gasteiger partial charge < -0.3 is 9.84 Å². The van der Waals surface area contributed by atoms with Crippen molar-refractivity contribution >= 4 is 28.7 Å². The van der Waals surface area contributed by atoms with E-state index in [2.05, 4.69) is 4.98 Å². The summed E-state index contributed by atoms with van der Waals surface area (Å²) in [6.07, 6.45) is 0. The SMILES string of the molecule is CCOc1ccc(C2C(C(=O)c3sc(-c4ccccc4)nc3C)=C(O)C(=O)N2c2ccc(F)c(F)c2)cc1. The summed E-state index contributed by atoms with van der Waals surface area (Å²) in [5, 5.41) is 11.6. The minimum absolute atomic E-state index is 0.00636. The largest absolute Gasteiger partial charge is 0.503 e. The number of anilines is 1. The number of aryl methyl sites for hydroxylation is 1. The fraction of sp³-hybridized carbons (Fsp3) is 0.138. The number of thiazole rings is 1. The molecule has 9 heteroatoms. The molecule has 4 aromatic rings. The first-order valence-corrected chi connectivity index (χ1v) is 12.6. The summed E-state index contributed by atoms with van der Waals surface area (Å²) in [7, 11) is 0. The third-order valence-corrected chi connectivity index (χ3v) is 7.37. The number of aliphatic hydroxyl groups is 1. The second-order valence-electron chi connectivity index (χ2n) is 8.57. The second-order valence-corrected chi connectivity index (χ2v) is 9.57. The van der Waals surface area contributed by atoms with Crippen LogP contribution in [0.4, 0.5) is 14.5 Å². The van der Waals surface area contributed by atoms with Gasteiger partial charge in [-0.25, -0.2) is 13.8 Å². The van der Waals surface area contributed by atoms with Crippen LogP contribution in [0.5, 0.6) is 5.75 Å². The predicted octanol–water partition coefficient (Wildman–Crippen LogP) is 6.58. The predicted molar refractivity (Wildman–Crippen MR) is 140 cm³/mol. The molecule has 0 bridgehead atoms. The van der Waals surface area contributed by atoms with Crippen molar-refractivity contribution in [1.82, 2.24) is 4.98 Å². The molecule has 192 valence electrons. The average Bonchev–Trinajstić information content (AvgIpc) is 3.44. The number of ether oxygens (including phenoxy) is 1. The van der Waals surface area contributed by atoms with Gasteiger partial charge in [-0.15, -0.1) is 11.3 Å². The van der Waals surface area contributed by atoms with Gasteiger partial charge in [0.2, 0.25) is 5.78 Å². The van der Waals surface area contributed by atoms with Crippen LogP contribution in [0.15, 0.2) is 84.1 Å². The maximum Gasteiger partial charge on any atom is 0.294 e. The molecule has 0 radical (unpaired) electrons. The molecule has 0 saturated heterocycles. The molecule has 0 spiro atoms. The molecule has 1 aromatic heterocycles. The molecule has 0 fully saturated rings. The lowest BCUT2D eigenvalue weighted by molar-refractivity contribution is -0.117. The van der Waals surface area contributed by atoms with Crippen LogP contribution in [0.3, 0.4) is 0 Å². The van der Waals surface area contributed by atoms with Crippen molar-refractivity contribution in [3.05, 3.63) is 112 Å². The minimum Gasteiger partial charge on any atom is -0.503 e. The molecular weight excluding hydrogens is 510 g/mol. The van der Waals surface area contributed by atoms with E-state index in [9.17, 15) is 23.5 Å². The number of rotatable bonds is 7. The van der Waals surface area contributed by atoms with Crippen molar-refractivity contribution in [3.63, 3.8) is 0 Å². The molecule has 2 heterocycles. The van der Waals surface area contributed by atoms with E-state index in [1.165, 1.54) is 6.07 Å². The number of halogens is 2. The van der Waals surface area contributed by atoms with Crippen molar-refractivity contribution in [2.75, 3.05) is 11.5 Å². The molecule has 1 N–H and O–H groups in total. The van der Waals surface area contributed by atoms with Crippen LogP contribution in [0, 0.1) is 18.6 Å². The Morgan fingerprint density at radius 1 is 1.05 bits per heavy atom. The third-order valence-electron chi connectivity index (χ3n) is 6.16. The van der Waals surface area contributed by atoms with Gasteiger partial charge in [-0.1, -0.05) is 42.5 Å². The van der Waals surface area contributed by atoms with E-state index in [1.807, 2.05) is 37.3 Å². The second kappa shape index (κ2) is 10.2. The molecule has 5 rings (SSSR count). The molecule has 1 aliphatic rings. The van der Waals surface area contributed by atoms with Gasteiger partial charge in [-0.3, -0.25) is 14.5 Å². The highest BCUT2D eigenvalue weighted by atomic mass is 32.1. The Morgan fingerprint density at radius 3 is 2.42 bits per heavy atom. The van der Waals surface area contributed by atoms with Crippen LogP contribution < -0.4 is 9.64 Å². The first-order valence-electron chi connectivity index (χ1n) is 11.8. The van der Waals surface area contributed by atoms with E-state index in [0.717, 1.165) is 33.9 Å². The molecule has 1 amide bonds. The summed E-state index contributed by atoms with van der Waals surface area (Å²) in [6.45, 7) is 3.97. The number of ketones is 1.